The zero-order valence-corrected chi connectivity index (χ0v) is 11.4. The van der Waals surface area contributed by atoms with E-state index in [0.29, 0.717) is 5.75 Å². The van der Waals surface area contributed by atoms with Gasteiger partial charge in [-0.15, -0.1) is 0 Å². The molecule has 0 bridgehead atoms. The van der Waals surface area contributed by atoms with Crippen LogP contribution in [-0.4, -0.2) is 52.3 Å². The first-order valence-electron chi connectivity index (χ1n) is 6.59. The molecular weight excluding hydrogens is 274 g/mol. The summed E-state index contributed by atoms with van der Waals surface area (Å²) in [4.78, 5) is 24.9. The molecule has 1 unspecified atom stereocenters. The molecule has 1 aliphatic rings. The number of β-amino-alcohol motifs (C(OH)–C–C–N with tert-alkyl or cyclic N) is 1. The highest BCUT2D eigenvalue weighted by atomic mass is 16.5. The van der Waals surface area contributed by atoms with Gasteiger partial charge < -0.3 is 19.8 Å². The van der Waals surface area contributed by atoms with E-state index in [2.05, 4.69) is 6.58 Å². The summed E-state index contributed by atoms with van der Waals surface area (Å²) in [6, 6.07) is 5.60. The van der Waals surface area contributed by atoms with Gasteiger partial charge in [0.2, 0.25) is 0 Å². The third-order valence-corrected chi connectivity index (χ3v) is 3.30. The minimum absolute atomic E-state index is 0.00555. The van der Waals surface area contributed by atoms with E-state index in [1.165, 1.54) is 4.90 Å². The number of nitrogens with zero attached hydrogens (tertiary/aromatic N) is 1. The number of aliphatic hydroxyl groups is 1. The average Bonchev–Trinajstić information content (AvgIpc) is 2.87. The maximum atomic E-state index is 12.5. The normalized spacial score (nSPS) is 21.1. The number of aliphatic hydroxyl groups excluding tert-OH is 1. The zero-order valence-electron chi connectivity index (χ0n) is 11.4. The van der Waals surface area contributed by atoms with Crippen LogP contribution in [0.5, 0.6) is 5.75 Å². The highest BCUT2D eigenvalue weighted by Gasteiger charge is 2.39. The van der Waals surface area contributed by atoms with Crippen molar-refractivity contribution in [2.24, 2.45) is 0 Å². The molecule has 2 rings (SSSR count). The van der Waals surface area contributed by atoms with Crippen molar-refractivity contribution in [2.45, 2.75) is 18.6 Å². The number of aliphatic carboxylic acids is 1. The van der Waals surface area contributed by atoms with Gasteiger partial charge >= 0.3 is 5.97 Å². The van der Waals surface area contributed by atoms with Crippen LogP contribution in [-0.2, 0) is 4.79 Å². The van der Waals surface area contributed by atoms with E-state index in [1.54, 1.807) is 30.3 Å². The monoisotopic (exact) mass is 291 g/mol. The number of carbonyl (C=O) groups excluding carboxylic acids is 1. The third-order valence-electron chi connectivity index (χ3n) is 3.30. The number of ether oxygens (including phenoxy) is 1. The van der Waals surface area contributed by atoms with E-state index >= 15 is 0 Å². The van der Waals surface area contributed by atoms with Crippen LogP contribution in [0.4, 0.5) is 0 Å². The van der Waals surface area contributed by atoms with Gasteiger partial charge in [-0.25, -0.2) is 4.79 Å². The Labute approximate surface area is 122 Å². The van der Waals surface area contributed by atoms with Crippen molar-refractivity contribution in [1.82, 2.24) is 4.90 Å². The molecule has 1 saturated heterocycles. The predicted octanol–water partition coefficient (Wildman–Crippen LogP) is 0.911. The number of para-hydroxylation sites is 1. The summed E-state index contributed by atoms with van der Waals surface area (Å²) in [5.74, 6) is -1.21. The smallest absolute Gasteiger partial charge is 0.326 e. The van der Waals surface area contributed by atoms with E-state index in [0.717, 1.165) is 0 Å². The molecule has 1 aromatic rings. The summed E-state index contributed by atoms with van der Waals surface area (Å²) in [5.41, 5.74) is 0.278. The summed E-state index contributed by atoms with van der Waals surface area (Å²) < 4.78 is 5.41. The number of benzene rings is 1. The van der Waals surface area contributed by atoms with Crippen LogP contribution in [0.2, 0.25) is 0 Å². The third kappa shape index (κ3) is 3.22. The van der Waals surface area contributed by atoms with Crippen LogP contribution >= 0.6 is 0 Å². The molecule has 2 atom stereocenters. The molecular formula is C15H17NO5. The van der Waals surface area contributed by atoms with E-state index in [1.807, 2.05) is 0 Å². The van der Waals surface area contributed by atoms with Crippen molar-refractivity contribution in [3.63, 3.8) is 0 Å². The second-order valence-electron chi connectivity index (χ2n) is 4.80. The molecule has 1 aromatic carbocycles. The zero-order chi connectivity index (χ0) is 15.4. The lowest BCUT2D eigenvalue weighted by molar-refractivity contribution is -0.141. The summed E-state index contributed by atoms with van der Waals surface area (Å²) in [6.07, 6.45) is 0.772. The molecule has 6 nitrogen and oxygen atoms in total. The first kappa shape index (κ1) is 15.1. The van der Waals surface area contributed by atoms with Crippen LogP contribution in [0, 0.1) is 0 Å². The number of likely N-dealkylation sites (tertiary alicyclic amines) is 1. The SMILES string of the molecule is C=CCOc1ccccc1C(=O)N1CC(O)C[C@H]1C(=O)O. The van der Waals surface area contributed by atoms with E-state index < -0.39 is 24.0 Å². The summed E-state index contributed by atoms with van der Waals surface area (Å²) in [6.45, 7) is 3.79. The largest absolute Gasteiger partial charge is 0.489 e. The minimum atomic E-state index is -1.12. The molecule has 0 saturated carbocycles. The van der Waals surface area contributed by atoms with E-state index in [4.69, 9.17) is 9.84 Å². The Hall–Kier alpha value is -2.34. The Morgan fingerprint density at radius 3 is 2.81 bits per heavy atom. The van der Waals surface area contributed by atoms with Crippen molar-refractivity contribution in [1.29, 1.82) is 0 Å². The van der Waals surface area contributed by atoms with Crippen LogP contribution in [0.25, 0.3) is 0 Å². The number of rotatable bonds is 5. The number of amides is 1. The molecule has 6 heteroatoms. The van der Waals surface area contributed by atoms with Crippen molar-refractivity contribution in [3.8, 4) is 5.75 Å². The minimum Gasteiger partial charge on any atom is -0.489 e. The Bertz CT molecular complexity index is 557. The maximum Gasteiger partial charge on any atom is 0.326 e. The number of carboxylic acids is 1. The molecule has 2 N–H and O–H groups in total. The fraction of sp³-hybridized carbons (Fsp3) is 0.333. The lowest BCUT2D eigenvalue weighted by Crippen LogP contribution is -2.40. The highest BCUT2D eigenvalue weighted by molar-refractivity contribution is 5.99. The molecule has 1 fully saturated rings. The van der Waals surface area contributed by atoms with Gasteiger partial charge in [0, 0.05) is 13.0 Å². The van der Waals surface area contributed by atoms with Crippen LogP contribution in [0.15, 0.2) is 36.9 Å². The molecule has 1 amide bonds. The van der Waals surface area contributed by atoms with Crippen molar-refractivity contribution < 1.29 is 24.5 Å². The lowest BCUT2D eigenvalue weighted by Gasteiger charge is -2.22. The average molecular weight is 291 g/mol. The Morgan fingerprint density at radius 2 is 2.14 bits per heavy atom. The fourth-order valence-electron chi connectivity index (χ4n) is 2.34. The van der Waals surface area contributed by atoms with Crippen molar-refractivity contribution in [2.75, 3.05) is 13.2 Å². The molecule has 0 aliphatic carbocycles. The van der Waals surface area contributed by atoms with Crippen LogP contribution in [0.1, 0.15) is 16.8 Å². The molecule has 21 heavy (non-hydrogen) atoms. The van der Waals surface area contributed by atoms with Gasteiger partial charge in [-0.3, -0.25) is 4.79 Å². The molecule has 112 valence electrons. The van der Waals surface area contributed by atoms with Gasteiger partial charge in [-0.05, 0) is 12.1 Å². The topological polar surface area (TPSA) is 87.1 Å². The molecule has 0 aromatic heterocycles. The first-order valence-corrected chi connectivity index (χ1v) is 6.59. The lowest BCUT2D eigenvalue weighted by atomic mass is 10.1. The second kappa shape index (κ2) is 6.41. The number of hydrogen-bond donors (Lipinski definition) is 2. The molecule has 0 radical (unpaired) electrons. The van der Waals surface area contributed by atoms with E-state index in [-0.39, 0.29) is 25.1 Å². The predicted molar refractivity (Wildman–Crippen MR) is 75.2 cm³/mol. The Morgan fingerprint density at radius 1 is 1.43 bits per heavy atom. The van der Waals surface area contributed by atoms with Gasteiger partial charge in [-0.1, -0.05) is 24.8 Å². The first-order chi connectivity index (χ1) is 10.0. The summed E-state index contributed by atoms with van der Waals surface area (Å²) in [7, 11) is 0. The van der Waals surface area contributed by atoms with Gasteiger partial charge in [0.25, 0.3) is 5.91 Å². The fourth-order valence-corrected chi connectivity index (χ4v) is 2.34. The maximum absolute atomic E-state index is 12.5. The standard InChI is InChI=1S/C15H17NO5/c1-2-7-21-13-6-4-3-5-11(13)14(18)16-9-10(17)8-12(16)15(19)20/h2-6,10,12,17H,1,7-9H2,(H,19,20)/t10?,12-/m0/s1. The number of carbonyl (C=O) groups is 2. The van der Waals surface area contributed by atoms with Crippen molar-refractivity contribution >= 4 is 11.9 Å². The number of hydrogen-bond acceptors (Lipinski definition) is 4. The molecule has 1 aliphatic heterocycles. The van der Waals surface area contributed by atoms with Gasteiger partial charge in [0.05, 0.1) is 11.7 Å². The number of carboxylic acid groups (broad SMARTS) is 1. The van der Waals surface area contributed by atoms with Crippen LogP contribution in [0.3, 0.4) is 0 Å². The quantitative estimate of drug-likeness (QED) is 0.787. The van der Waals surface area contributed by atoms with Gasteiger partial charge in [0.15, 0.2) is 0 Å². The summed E-state index contributed by atoms with van der Waals surface area (Å²) in [5, 5.41) is 18.8. The molecule has 0 spiro atoms. The van der Waals surface area contributed by atoms with Gasteiger partial charge in [0.1, 0.15) is 18.4 Å². The summed E-state index contributed by atoms with van der Waals surface area (Å²) >= 11 is 0. The van der Waals surface area contributed by atoms with E-state index in [9.17, 15) is 14.7 Å². The van der Waals surface area contributed by atoms with Crippen LogP contribution < -0.4 is 4.74 Å². The Kier molecular flexibility index (Phi) is 4.59. The van der Waals surface area contributed by atoms with Crippen molar-refractivity contribution in [3.05, 3.63) is 42.5 Å². The second-order valence-corrected chi connectivity index (χ2v) is 4.80. The highest BCUT2D eigenvalue weighted by Crippen LogP contribution is 2.25. The van der Waals surface area contributed by atoms with Gasteiger partial charge in [-0.2, -0.15) is 0 Å². The molecule has 1 heterocycles. The Balaban J connectivity index is 2.27.